The zero-order chi connectivity index (χ0) is 36.2. The smallest absolute Gasteiger partial charge is 0.0541 e. The molecule has 2 nitrogen and oxygen atoms in total. The van der Waals surface area contributed by atoms with Gasteiger partial charge in [-0.15, -0.1) is 0 Å². The average molecular weight is 691 g/mol. The average Bonchev–Trinajstić information content (AvgIpc) is 3.74. The molecule has 0 radical (unpaired) electrons. The first-order chi connectivity index (χ1) is 26.6. The standard InChI is InChI=1S/C52H38N2/c1-35-34-52(54-50-21-11-6-16-44(50)45-17-7-12-22-51(45)54)36(2)33-46(35)40-31-27-38(28-32-40)24-23-37-25-29-39(30-26-37)41-13-3-8-18-47(41)53-48-19-9-4-14-42(48)43-15-5-10-20-49(43)53/h3-34H,1-2H3. The molecule has 0 aliphatic carbocycles. The second-order valence-electron chi connectivity index (χ2n) is 14.3. The third-order valence-corrected chi connectivity index (χ3v) is 11.0. The summed E-state index contributed by atoms with van der Waals surface area (Å²) in [7, 11) is 0. The summed E-state index contributed by atoms with van der Waals surface area (Å²) in [4.78, 5) is 0. The predicted molar refractivity (Wildman–Crippen MR) is 231 cm³/mol. The van der Waals surface area contributed by atoms with Crippen molar-refractivity contribution in [2.75, 3.05) is 0 Å². The second kappa shape index (κ2) is 12.9. The molecule has 0 aliphatic rings. The molecule has 2 heterocycles. The molecule has 0 fully saturated rings. The number of rotatable bonds is 6. The molecule has 8 aromatic carbocycles. The molecule has 54 heavy (non-hydrogen) atoms. The van der Waals surface area contributed by atoms with Crippen molar-refractivity contribution in [3.63, 3.8) is 0 Å². The molecular formula is C52H38N2. The van der Waals surface area contributed by atoms with Crippen molar-refractivity contribution in [2.24, 2.45) is 0 Å². The van der Waals surface area contributed by atoms with Gasteiger partial charge in [-0.2, -0.15) is 0 Å². The van der Waals surface area contributed by atoms with Crippen LogP contribution in [0.3, 0.4) is 0 Å². The minimum Gasteiger partial charge on any atom is -0.309 e. The first kappa shape index (κ1) is 31.8. The number of para-hydroxylation sites is 5. The number of aromatic nitrogens is 2. The van der Waals surface area contributed by atoms with Crippen LogP contribution >= 0.6 is 0 Å². The Morgan fingerprint density at radius 2 is 0.722 bits per heavy atom. The lowest BCUT2D eigenvalue weighted by Crippen LogP contribution is -1.99. The summed E-state index contributed by atoms with van der Waals surface area (Å²) >= 11 is 0. The van der Waals surface area contributed by atoms with Crippen molar-refractivity contribution in [1.29, 1.82) is 0 Å². The summed E-state index contributed by atoms with van der Waals surface area (Å²) in [5, 5.41) is 5.12. The van der Waals surface area contributed by atoms with E-state index in [2.05, 4.69) is 217 Å². The largest absolute Gasteiger partial charge is 0.309 e. The van der Waals surface area contributed by atoms with Crippen LogP contribution in [-0.4, -0.2) is 9.13 Å². The Hall–Kier alpha value is -6.90. The summed E-state index contributed by atoms with van der Waals surface area (Å²) in [5.74, 6) is 0. The SMILES string of the molecule is Cc1cc(-n2c3ccccc3c3ccccc32)c(C)cc1-c1ccc(C=Cc2ccc(-c3ccccc3-n3c4ccccc4c4ccccc43)cc2)cc1. The Morgan fingerprint density at radius 3 is 1.20 bits per heavy atom. The first-order valence-corrected chi connectivity index (χ1v) is 18.7. The molecule has 0 saturated carbocycles. The molecule has 0 unspecified atom stereocenters. The van der Waals surface area contributed by atoms with E-state index in [4.69, 9.17) is 0 Å². The summed E-state index contributed by atoms with van der Waals surface area (Å²) in [6.45, 7) is 4.46. The molecular weight excluding hydrogens is 653 g/mol. The maximum atomic E-state index is 2.42. The molecule has 0 atom stereocenters. The van der Waals surface area contributed by atoms with E-state index in [0.29, 0.717) is 0 Å². The maximum absolute atomic E-state index is 2.42. The Kier molecular flexibility index (Phi) is 7.63. The Labute approximate surface area is 315 Å². The molecule has 10 rings (SSSR count). The number of hydrogen-bond donors (Lipinski definition) is 0. The summed E-state index contributed by atoms with van der Waals surface area (Å²) in [6.07, 6.45) is 4.40. The number of benzene rings is 8. The third kappa shape index (κ3) is 5.26. The molecule has 0 bridgehead atoms. The van der Waals surface area contributed by atoms with Crippen molar-refractivity contribution >= 4 is 55.8 Å². The number of hydrogen-bond acceptors (Lipinski definition) is 0. The fourth-order valence-electron chi connectivity index (χ4n) is 8.37. The Morgan fingerprint density at radius 1 is 0.333 bits per heavy atom. The lowest BCUT2D eigenvalue weighted by atomic mass is 9.96. The highest BCUT2D eigenvalue weighted by molar-refractivity contribution is 6.10. The topological polar surface area (TPSA) is 9.86 Å². The van der Waals surface area contributed by atoms with Crippen molar-refractivity contribution in [2.45, 2.75) is 13.8 Å². The molecule has 10 aromatic rings. The van der Waals surface area contributed by atoms with E-state index in [9.17, 15) is 0 Å². The molecule has 256 valence electrons. The van der Waals surface area contributed by atoms with Gasteiger partial charge in [0, 0.05) is 32.8 Å². The highest BCUT2D eigenvalue weighted by Gasteiger charge is 2.16. The predicted octanol–water partition coefficient (Wildman–Crippen LogP) is 14.0. The lowest BCUT2D eigenvalue weighted by molar-refractivity contribution is 1.14. The van der Waals surface area contributed by atoms with Gasteiger partial charge in [-0.3, -0.25) is 0 Å². The molecule has 0 saturated heterocycles. The van der Waals surface area contributed by atoms with Crippen LogP contribution in [0.4, 0.5) is 0 Å². The monoisotopic (exact) mass is 690 g/mol. The van der Waals surface area contributed by atoms with E-state index in [-0.39, 0.29) is 0 Å². The number of aryl methyl sites for hydroxylation is 2. The van der Waals surface area contributed by atoms with E-state index < -0.39 is 0 Å². The van der Waals surface area contributed by atoms with Gasteiger partial charge >= 0.3 is 0 Å². The fourth-order valence-corrected chi connectivity index (χ4v) is 8.37. The Bertz CT molecular complexity index is 2940. The molecule has 2 heteroatoms. The zero-order valence-electron chi connectivity index (χ0n) is 30.4. The highest BCUT2D eigenvalue weighted by Crippen LogP contribution is 2.37. The van der Waals surface area contributed by atoms with E-state index in [1.165, 1.54) is 99.5 Å². The molecule has 2 aromatic heterocycles. The van der Waals surface area contributed by atoms with Crippen LogP contribution in [0.25, 0.3) is 89.4 Å². The van der Waals surface area contributed by atoms with Gasteiger partial charge in [0.05, 0.1) is 27.8 Å². The van der Waals surface area contributed by atoms with E-state index in [1.54, 1.807) is 0 Å². The van der Waals surface area contributed by atoms with Crippen LogP contribution in [0.2, 0.25) is 0 Å². The number of nitrogens with zero attached hydrogens (tertiary/aromatic N) is 2. The van der Waals surface area contributed by atoms with E-state index >= 15 is 0 Å². The van der Waals surface area contributed by atoms with Crippen molar-refractivity contribution < 1.29 is 0 Å². The molecule has 0 aliphatic heterocycles. The maximum Gasteiger partial charge on any atom is 0.0541 e. The van der Waals surface area contributed by atoms with E-state index in [1.807, 2.05) is 0 Å². The number of fused-ring (bicyclic) bond motifs is 6. The van der Waals surface area contributed by atoms with E-state index in [0.717, 1.165) is 0 Å². The first-order valence-electron chi connectivity index (χ1n) is 18.7. The summed E-state index contributed by atoms with van der Waals surface area (Å²) in [6, 6.07) is 66.1. The van der Waals surface area contributed by atoms with Gasteiger partial charge in [-0.05, 0) is 95.3 Å². The van der Waals surface area contributed by atoms with Crippen LogP contribution in [0.15, 0.2) is 182 Å². The molecule has 0 amide bonds. The minimum absolute atomic E-state index is 1.17. The summed E-state index contributed by atoms with van der Waals surface area (Å²) in [5.41, 5.74) is 17.1. The van der Waals surface area contributed by atoms with Gasteiger partial charge in [-0.1, -0.05) is 152 Å². The van der Waals surface area contributed by atoms with Crippen molar-refractivity contribution in [1.82, 2.24) is 9.13 Å². The Balaban J connectivity index is 0.916. The van der Waals surface area contributed by atoms with Crippen molar-refractivity contribution in [3.8, 4) is 33.6 Å². The van der Waals surface area contributed by atoms with Crippen LogP contribution in [0, 0.1) is 13.8 Å². The van der Waals surface area contributed by atoms with Gasteiger partial charge in [0.25, 0.3) is 0 Å². The van der Waals surface area contributed by atoms with Crippen LogP contribution in [-0.2, 0) is 0 Å². The van der Waals surface area contributed by atoms with Gasteiger partial charge < -0.3 is 9.13 Å². The molecule has 0 spiro atoms. The van der Waals surface area contributed by atoms with Gasteiger partial charge in [-0.25, -0.2) is 0 Å². The fraction of sp³-hybridized carbons (Fsp3) is 0.0385. The molecule has 0 N–H and O–H groups in total. The van der Waals surface area contributed by atoms with Crippen LogP contribution < -0.4 is 0 Å². The van der Waals surface area contributed by atoms with Crippen LogP contribution in [0.1, 0.15) is 22.3 Å². The minimum atomic E-state index is 1.17. The van der Waals surface area contributed by atoms with Crippen molar-refractivity contribution in [3.05, 3.63) is 204 Å². The quantitative estimate of drug-likeness (QED) is 0.154. The van der Waals surface area contributed by atoms with Gasteiger partial charge in [0.15, 0.2) is 0 Å². The lowest BCUT2D eigenvalue weighted by Gasteiger charge is -2.16. The van der Waals surface area contributed by atoms with Crippen LogP contribution in [0.5, 0.6) is 0 Å². The van der Waals surface area contributed by atoms with Gasteiger partial charge in [0.1, 0.15) is 0 Å². The summed E-state index contributed by atoms with van der Waals surface area (Å²) < 4.78 is 4.82. The zero-order valence-corrected chi connectivity index (χ0v) is 30.4. The normalized spacial score (nSPS) is 11.8. The third-order valence-electron chi connectivity index (χ3n) is 11.0. The second-order valence-corrected chi connectivity index (χ2v) is 14.3. The highest BCUT2D eigenvalue weighted by atomic mass is 15.0. The van der Waals surface area contributed by atoms with Gasteiger partial charge in [0.2, 0.25) is 0 Å².